The summed E-state index contributed by atoms with van der Waals surface area (Å²) in [5, 5.41) is 13.6. The summed E-state index contributed by atoms with van der Waals surface area (Å²) < 4.78 is 0. The van der Waals surface area contributed by atoms with Crippen molar-refractivity contribution in [1.82, 2.24) is 9.97 Å². The summed E-state index contributed by atoms with van der Waals surface area (Å²) in [5.74, 6) is 1.58. The molecule has 2 N–H and O–H groups in total. The molecule has 0 unspecified atom stereocenters. The number of rotatable bonds is 3. The number of nitrogens with zero attached hydrogens (tertiary/aromatic N) is 2. The Hall–Kier alpha value is -1.16. The van der Waals surface area contributed by atoms with Gasteiger partial charge in [0.25, 0.3) is 0 Å². The van der Waals surface area contributed by atoms with Crippen molar-refractivity contribution in [1.29, 1.82) is 0 Å². The molecule has 1 aromatic rings. The highest BCUT2D eigenvalue weighted by molar-refractivity contribution is 5.36. The van der Waals surface area contributed by atoms with E-state index < -0.39 is 5.60 Å². The summed E-state index contributed by atoms with van der Waals surface area (Å²) in [6.07, 6.45) is 5.28. The number of hydrogen-bond acceptors (Lipinski definition) is 4. The standard InChI is InChI=1S/C13H21N3O/c1-10-8-12(16-11(2)15-10)14-9-13(17)6-4-3-5-7-13/h8,17H,3-7,9H2,1-2H3,(H,14,15,16). The fraction of sp³-hybridized carbons (Fsp3) is 0.692. The van der Waals surface area contributed by atoms with Gasteiger partial charge in [0.05, 0.1) is 5.60 Å². The highest BCUT2D eigenvalue weighted by atomic mass is 16.3. The molecule has 2 rings (SSSR count). The minimum Gasteiger partial charge on any atom is -0.388 e. The van der Waals surface area contributed by atoms with Crippen LogP contribution in [0.5, 0.6) is 0 Å². The molecule has 1 fully saturated rings. The molecule has 0 saturated heterocycles. The summed E-state index contributed by atoms with van der Waals surface area (Å²) in [6.45, 7) is 4.42. The van der Waals surface area contributed by atoms with Crippen LogP contribution in [0.2, 0.25) is 0 Å². The first-order chi connectivity index (χ1) is 8.07. The van der Waals surface area contributed by atoms with Gasteiger partial charge in [-0.1, -0.05) is 19.3 Å². The molecule has 1 aromatic heterocycles. The van der Waals surface area contributed by atoms with E-state index in [1.54, 1.807) is 0 Å². The van der Waals surface area contributed by atoms with Crippen molar-refractivity contribution in [2.24, 2.45) is 0 Å². The second-order valence-electron chi connectivity index (χ2n) is 5.08. The van der Waals surface area contributed by atoms with Crippen LogP contribution >= 0.6 is 0 Å². The van der Waals surface area contributed by atoms with E-state index in [1.807, 2.05) is 19.9 Å². The Balaban J connectivity index is 1.96. The molecule has 0 bridgehead atoms. The van der Waals surface area contributed by atoms with Gasteiger partial charge in [-0.05, 0) is 26.7 Å². The van der Waals surface area contributed by atoms with E-state index in [0.717, 1.165) is 43.0 Å². The van der Waals surface area contributed by atoms with E-state index in [0.29, 0.717) is 6.54 Å². The molecule has 0 amide bonds. The number of aliphatic hydroxyl groups is 1. The zero-order valence-corrected chi connectivity index (χ0v) is 10.7. The van der Waals surface area contributed by atoms with E-state index in [1.165, 1.54) is 6.42 Å². The predicted molar refractivity (Wildman–Crippen MR) is 68.0 cm³/mol. The van der Waals surface area contributed by atoms with Gasteiger partial charge in [-0.3, -0.25) is 0 Å². The Morgan fingerprint density at radius 3 is 2.59 bits per heavy atom. The average Bonchev–Trinajstić information content (AvgIpc) is 2.26. The second-order valence-corrected chi connectivity index (χ2v) is 5.08. The van der Waals surface area contributed by atoms with Crippen molar-refractivity contribution < 1.29 is 5.11 Å². The maximum atomic E-state index is 10.4. The highest BCUT2D eigenvalue weighted by Gasteiger charge is 2.28. The summed E-state index contributed by atoms with van der Waals surface area (Å²) in [5.41, 5.74) is 0.404. The van der Waals surface area contributed by atoms with Gasteiger partial charge < -0.3 is 10.4 Å². The lowest BCUT2D eigenvalue weighted by Crippen LogP contribution is -2.39. The third-order valence-corrected chi connectivity index (χ3v) is 3.35. The van der Waals surface area contributed by atoms with Crippen molar-refractivity contribution in [3.8, 4) is 0 Å². The Morgan fingerprint density at radius 2 is 1.94 bits per heavy atom. The number of aryl methyl sites for hydroxylation is 2. The van der Waals surface area contributed by atoms with Gasteiger partial charge >= 0.3 is 0 Å². The van der Waals surface area contributed by atoms with Gasteiger partial charge in [0.1, 0.15) is 11.6 Å². The van der Waals surface area contributed by atoms with Gasteiger partial charge in [0, 0.05) is 18.3 Å². The first-order valence-corrected chi connectivity index (χ1v) is 6.36. The first kappa shape index (κ1) is 12.3. The molecule has 17 heavy (non-hydrogen) atoms. The molecular formula is C13H21N3O. The van der Waals surface area contributed by atoms with E-state index in [4.69, 9.17) is 0 Å². The van der Waals surface area contributed by atoms with Crippen LogP contribution in [-0.4, -0.2) is 27.2 Å². The zero-order chi connectivity index (χ0) is 12.3. The normalized spacial score (nSPS) is 19.0. The van der Waals surface area contributed by atoms with Gasteiger partial charge in [0.15, 0.2) is 0 Å². The Kier molecular flexibility index (Phi) is 3.62. The third-order valence-electron chi connectivity index (χ3n) is 3.35. The third kappa shape index (κ3) is 3.40. The van der Waals surface area contributed by atoms with Gasteiger partial charge in [-0.2, -0.15) is 0 Å². The quantitative estimate of drug-likeness (QED) is 0.843. The predicted octanol–water partition coefficient (Wildman–Crippen LogP) is 2.20. The van der Waals surface area contributed by atoms with E-state index in [9.17, 15) is 5.11 Å². The van der Waals surface area contributed by atoms with Crippen LogP contribution in [0.4, 0.5) is 5.82 Å². The Bertz CT molecular complexity index is 366. The fourth-order valence-electron chi connectivity index (χ4n) is 2.45. The monoisotopic (exact) mass is 235 g/mol. The van der Waals surface area contributed by atoms with E-state index >= 15 is 0 Å². The lowest BCUT2D eigenvalue weighted by atomic mass is 9.85. The molecule has 0 aromatic carbocycles. The molecule has 0 aliphatic heterocycles. The molecular weight excluding hydrogens is 214 g/mol. The Labute approximate surface area is 102 Å². The zero-order valence-electron chi connectivity index (χ0n) is 10.7. The van der Waals surface area contributed by atoms with Crippen LogP contribution in [-0.2, 0) is 0 Å². The van der Waals surface area contributed by atoms with Crippen molar-refractivity contribution >= 4 is 5.82 Å². The molecule has 0 atom stereocenters. The maximum Gasteiger partial charge on any atom is 0.130 e. The molecule has 1 aliphatic rings. The van der Waals surface area contributed by atoms with Crippen molar-refractivity contribution in [3.63, 3.8) is 0 Å². The van der Waals surface area contributed by atoms with Gasteiger partial charge in [0.2, 0.25) is 0 Å². The number of nitrogens with one attached hydrogen (secondary N) is 1. The minimum absolute atomic E-state index is 0.551. The molecule has 4 nitrogen and oxygen atoms in total. The number of hydrogen-bond donors (Lipinski definition) is 2. The minimum atomic E-state index is -0.551. The topological polar surface area (TPSA) is 58.0 Å². The maximum absolute atomic E-state index is 10.4. The largest absolute Gasteiger partial charge is 0.388 e. The van der Waals surface area contributed by atoms with Crippen molar-refractivity contribution in [2.75, 3.05) is 11.9 Å². The average molecular weight is 235 g/mol. The number of anilines is 1. The SMILES string of the molecule is Cc1cc(NCC2(O)CCCCC2)nc(C)n1. The summed E-state index contributed by atoms with van der Waals surface area (Å²) >= 11 is 0. The van der Waals surface area contributed by atoms with Gasteiger partial charge in [-0.25, -0.2) is 9.97 Å². The first-order valence-electron chi connectivity index (χ1n) is 6.36. The summed E-state index contributed by atoms with van der Waals surface area (Å²) in [7, 11) is 0. The van der Waals surface area contributed by atoms with Gasteiger partial charge in [-0.15, -0.1) is 0 Å². The number of aromatic nitrogens is 2. The molecule has 0 spiro atoms. The van der Waals surface area contributed by atoms with Crippen LogP contribution in [0.15, 0.2) is 6.07 Å². The lowest BCUT2D eigenvalue weighted by Gasteiger charge is -2.32. The van der Waals surface area contributed by atoms with Crippen LogP contribution < -0.4 is 5.32 Å². The van der Waals surface area contributed by atoms with Crippen molar-refractivity contribution in [3.05, 3.63) is 17.6 Å². The summed E-state index contributed by atoms with van der Waals surface area (Å²) in [6, 6.07) is 1.92. The lowest BCUT2D eigenvalue weighted by molar-refractivity contribution is 0.0166. The van der Waals surface area contributed by atoms with Crippen LogP contribution in [0, 0.1) is 13.8 Å². The van der Waals surface area contributed by atoms with Crippen molar-refractivity contribution in [2.45, 2.75) is 51.6 Å². The smallest absolute Gasteiger partial charge is 0.130 e. The molecule has 4 heteroatoms. The molecule has 94 valence electrons. The van der Waals surface area contributed by atoms with Crippen LogP contribution in [0.3, 0.4) is 0 Å². The molecule has 1 aliphatic carbocycles. The Morgan fingerprint density at radius 1 is 1.24 bits per heavy atom. The fourth-order valence-corrected chi connectivity index (χ4v) is 2.45. The van der Waals surface area contributed by atoms with E-state index in [2.05, 4.69) is 15.3 Å². The van der Waals surface area contributed by atoms with E-state index in [-0.39, 0.29) is 0 Å². The molecule has 1 saturated carbocycles. The molecule has 1 heterocycles. The molecule has 0 radical (unpaired) electrons. The van der Waals surface area contributed by atoms with Crippen LogP contribution in [0.25, 0.3) is 0 Å². The highest BCUT2D eigenvalue weighted by Crippen LogP contribution is 2.28. The van der Waals surface area contributed by atoms with Crippen LogP contribution in [0.1, 0.15) is 43.6 Å². The summed E-state index contributed by atoms with van der Waals surface area (Å²) in [4.78, 5) is 8.55. The second kappa shape index (κ2) is 5.00.